The zero-order chi connectivity index (χ0) is 19.6. The molecule has 1 N–H and O–H groups in total. The number of aromatic amines is 1. The summed E-state index contributed by atoms with van der Waals surface area (Å²) in [5.41, 5.74) is 3.34. The molecule has 0 spiro atoms. The zero-order valence-corrected chi connectivity index (χ0v) is 16.9. The number of ether oxygens (including phenoxy) is 1. The molecule has 28 heavy (non-hydrogen) atoms. The summed E-state index contributed by atoms with van der Waals surface area (Å²) in [5, 5.41) is 1.13. The fraction of sp³-hybridized carbons (Fsp3) is 0.364. The van der Waals surface area contributed by atoms with Crippen LogP contribution in [0.25, 0.3) is 10.9 Å². The third-order valence-corrected chi connectivity index (χ3v) is 7.50. The van der Waals surface area contributed by atoms with Gasteiger partial charge >= 0.3 is 0 Å². The smallest absolute Gasteiger partial charge is 0.214 e. The Morgan fingerprint density at radius 1 is 1.07 bits per heavy atom. The first-order chi connectivity index (χ1) is 13.5. The number of hydrogen-bond acceptors (Lipinski definition) is 3. The van der Waals surface area contributed by atoms with Crippen LogP contribution in [-0.2, 0) is 16.4 Å². The number of piperidine rings is 1. The molecular weight excluding hydrogens is 372 g/mol. The molecule has 0 atom stereocenters. The van der Waals surface area contributed by atoms with E-state index in [1.165, 1.54) is 5.69 Å². The van der Waals surface area contributed by atoms with Crippen LogP contribution in [0.3, 0.4) is 0 Å². The van der Waals surface area contributed by atoms with Gasteiger partial charge in [0.15, 0.2) is 0 Å². The summed E-state index contributed by atoms with van der Waals surface area (Å²) in [4.78, 5) is 3.49. The van der Waals surface area contributed by atoms with Crippen molar-refractivity contribution in [1.82, 2.24) is 9.29 Å². The van der Waals surface area contributed by atoms with E-state index in [-0.39, 0.29) is 5.75 Å². The standard InChI is InChI=1S/C22H26N2O3S/c1-27-20-7-8-21-19(15-20)16-22(23-21)18-9-12-24(13-10-18)28(25,26)14-11-17-5-3-2-4-6-17/h2-8,15-16,18,23H,9-14H2,1H3. The second kappa shape index (κ2) is 7.97. The van der Waals surface area contributed by atoms with Crippen LogP contribution in [0.2, 0.25) is 0 Å². The van der Waals surface area contributed by atoms with Gasteiger partial charge in [0.2, 0.25) is 10.0 Å². The van der Waals surface area contributed by atoms with Crippen molar-refractivity contribution >= 4 is 20.9 Å². The summed E-state index contributed by atoms with van der Waals surface area (Å²) in [7, 11) is -1.54. The molecule has 2 heterocycles. The lowest BCUT2D eigenvalue weighted by molar-refractivity contribution is 0.317. The molecule has 2 aromatic carbocycles. The number of hydrogen-bond donors (Lipinski definition) is 1. The number of sulfonamides is 1. The minimum atomic E-state index is -3.21. The van der Waals surface area contributed by atoms with Crippen molar-refractivity contribution in [3.63, 3.8) is 0 Å². The fourth-order valence-corrected chi connectivity index (χ4v) is 5.46. The quantitative estimate of drug-likeness (QED) is 0.684. The van der Waals surface area contributed by atoms with Gasteiger partial charge in [0, 0.05) is 35.6 Å². The van der Waals surface area contributed by atoms with Crippen LogP contribution in [0.4, 0.5) is 0 Å². The Kier molecular flexibility index (Phi) is 5.42. The number of nitrogens with one attached hydrogen (secondary N) is 1. The third-order valence-electron chi connectivity index (χ3n) is 5.63. The third kappa shape index (κ3) is 4.08. The van der Waals surface area contributed by atoms with Crippen LogP contribution in [0.1, 0.15) is 30.0 Å². The first-order valence-electron chi connectivity index (χ1n) is 9.73. The van der Waals surface area contributed by atoms with E-state index in [0.29, 0.717) is 25.4 Å². The second-order valence-corrected chi connectivity index (χ2v) is 9.49. The Morgan fingerprint density at radius 3 is 2.54 bits per heavy atom. The Bertz CT molecular complexity index is 1040. The van der Waals surface area contributed by atoms with E-state index in [4.69, 9.17) is 4.74 Å². The topological polar surface area (TPSA) is 62.4 Å². The lowest BCUT2D eigenvalue weighted by atomic mass is 9.95. The van der Waals surface area contributed by atoms with E-state index < -0.39 is 10.0 Å². The van der Waals surface area contributed by atoms with Gasteiger partial charge < -0.3 is 9.72 Å². The monoisotopic (exact) mass is 398 g/mol. The van der Waals surface area contributed by atoms with Crippen molar-refractivity contribution in [2.75, 3.05) is 26.0 Å². The van der Waals surface area contributed by atoms with Gasteiger partial charge in [-0.3, -0.25) is 0 Å². The molecule has 0 amide bonds. The van der Waals surface area contributed by atoms with E-state index in [2.05, 4.69) is 11.1 Å². The largest absolute Gasteiger partial charge is 0.497 e. The average Bonchev–Trinajstić information content (AvgIpc) is 3.16. The molecular formula is C22H26N2O3S. The van der Waals surface area contributed by atoms with Crippen molar-refractivity contribution in [3.8, 4) is 5.75 Å². The van der Waals surface area contributed by atoms with Crippen LogP contribution in [0.15, 0.2) is 54.6 Å². The molecule has 0 unspecified atom stereocenters. The molecule has 0 bridgehead atoms. The molecule has 0 aliphatic carbocycles. The number of aromatic nitrogens is 1. The van der Waals surface area contributed by atoms with Crippen LogP contribution >= 0.6 is 0 Å². The van der Waals surface area contributed by atoms with Gasteiger partial charge in [-0.25, -0.2) is 12.7 Å². The second-order valence-electron chi connectivity index (χ2n) is 7.40. The van der Waals surface area contributed by atoms with Gasteiger partial charge in [0.25, 0.3) is 0 Å². The normalized spacial score (nSPS) is 16.5. The molecule has 0 saturated carbocycles. The van der Waals surface area contributed by atoms with Crippen LogP contribution < -0.4 is 4.74 Å². The minimum absolute atomic E-state index is 0.174. The summed E-state index contributed by atoms with van der Waals surface area (Å²) in [6.07, 6.45) is 2.25. The maximum Gasteiger partial charge on any atom is 0.214 e. The van der Waals surface area contributed by atoms with Crippen LogP contribution in [0, 0.1) is 0 Å². The van der Waals surface area contributed by atoms with E-state index in [9.17, 15) is 8.42 Å². The molecule has 1 fully saturated rings. The SMILES string of the molecule is COc1ccc2[nH]c(C3CCN(S(=O)(=O)CCc4ccccc4)CC3)cc2c1. The molecule has 6 heteroatoms. The molecule has 4 rings (SSSR count). The Balaban J connectivity index is 1.38. The predicted molar refractivity (Wildman–Crippen MR) is 112 cm³/mol. The molecule has 1 saturated heterocycles. The van der Waals surface area contributed by atoms with Crippen molar-refractivity contribution < 1.29 is 13.2 Å². The number of benzene rings is 2. The van der Waals surface area contributed by atoms with E-state index in [0.717, 1.165) is 35.1 Å². The van der Waals surface area contributed by atoms with Gasteiger partial charge in [-0.15, -0.1) is 0 Å². The summed E-state index contributed by atoms with van der Waals surface area (Å²) < 4.78 is 32.4. The highest BCUT2D eigenvalue weighted by molar-refractivity contribution is 7.89. The summed E-state index contributed by atoms with van der Waals surface area (Å²) in [5.74, 6) is 1.38. The van der Waals surface area contributed by atoms with Gasteiger partial charge in [-0.2, -0.15) is 0 Å². The van der Waals surface area contributed by atoms with Crippen molar-refractivity contribution in [2.45, 2.75) is 25.2 Å². The van der Waals surface area contributed by atoms with E-state index >= 15 is 0 Å². The Labute approximate surface area is 166 Å². The van der Waals surface area contributed by atoms with Crippen molar-refractivity contribution in [2.24, 2.45) is 0 Å². The maximum absolute atomic E-state index is 12.7. The lowest BCUT2D eigenvalue weighted by Crippen LogP contribution is -2.39. The van der Waals surface area contributed by atoms with Gasteiger partial charge in [-0.1, -0.05) is 30.3 Å². The number of aryl methyl sites for hydroxylation is 1. The number of rotatable bonds is 6. The van der Waals surface area contributed by atoms with Crippen molar-refractivity contribution in [3.05, 3.63) is 65.9 Å². The maximum atomic E-state index is 12.7. The highest BCUT2D eigenvalue weighted by Gasteiger charge is 2.29. The summed E-state index contributed by atoms with van der Waals surface area (Å²) in [6.45, 7) is 1.17. The molecule has 5 nitrogen and oxygen atoms in total. The molecule has 0 radical (unpaired) electrons. The van der Waals surface area contributed by atoms with Gasteiger partial charge in [0.1, 0.15) is 5.75 Å². The highest BCUT2D eigenvalue weighted by atomic mass is 32.2. The van der Waals surface area contributed by atoms with Gasteiger partial charge in [0.05, 0.1) is 12.9 Å². The van der Waals surface area contributed by atoms with Crippen molar-refractivity contribution in [1.29, 1.82) is 0 Å². The summed E-state index contributed by atoms with van der Waals surface area (Å²) in [6, 6.07) is 18.0. The van der Waals surface area contributed by atoms with E-state index in [1.807, 2.05) is 48.5 Å². The Hall–Kier alpha value is -2.31. The molecule has 1 aromatic heterocycles. The molecule has 3 aromatic rings. The van der Waals surface area contributed by atoms with Crippen LogP contribution in [-0.4, -0.2) is 43.7 Å². The average molecular weight is 399 g/mol. The molecule has 1 aliphatic heterocycles. The summed E-state index contributed by atoms with van der Waals surface area (Å²) >= 11 is 0. The number of fused-ring (bicyclic) bond motifs is 1. The predicted octanol–water partition coefficient (Wildman–Crippen LogP) is 3.93. The van der Waals surface area contributed by atoms with Gasteiger partial charge in [-0.05, 0) is 49.1 Å². The fourth-order valence-electron chi connectivity index (χ4n) is 3.95. The molecule has 1 aliphatic rings. The highest BCUT2D eigenvalue weighted by Crippen LogP contribution is 2.32. The first kappa shape index (κ1) is 19.0. The number of H-pyrrole nitrogens is 1. The Morgan fingerprint density at radius 2 is 1.82 bits per heavy atom. The minimum Gasteiger partial charge on any atom is -0.497 e. The zero-order valence-electron chi connectivity index (χ0n) is 16.1. The number of methoxy groups -OCH3 is 1. The number of nitrogens with zero attached hydrogens (tertiary/aromatic N) is 1. The first-order valence-corrected chi connectivity index (χ1v) is 11.3. The lowest BCUT2D eigenvalue weighted by Gasteiger charge is -2.30. The van der Waals surface area contributed by atoms with E-state index in [1.54, 1.807) is 11.4 Å². The molecule has 148 valence electrons. The van der Waals surface area contributed by atoms with Crippen LogP contribution in [0.5, 0.6) is 5.75 Å².